The van der Waals surface area contributed by atoms with Crippen LogP contribution in [-0.4, -0.2) is 31.2 Å². The molecule has 0 aliphatic carbocycles. The highest BCUT2D eigenvalue weighted by Gasteiger charge is 2.04. The molecule has 2 aromatic rings. The maximum absolute atomic E-state index is 5.27. The summed E-state index contributed by atoms with van der Waals surface area (Å²) in [6.45, 7) is 7.41. The Hall–Kier alpha value is -1.89. The summed E-state index contributed by atoms with van der Waals surface area (Å²) in [6, 6.07) is 1.93. The van der Waals surface area contributed by atoms with E-state index >= 15 is 0 Å². The van der Waals surface area contributed by atoms with Crippen molar-refractivity contribution in [2.24, 2.45) is 0 Å². The van der Waals surface area contributed by atoms with E-state index in [1.54, 1.807) is 6.20 Å². The van der Waals surface area contributed by atoms with Gasteiger partial charge in [0.15, 0.2) is 5.11 Å². The second-order valence-electron chi connectivity index (χ2n) is 4.83. The second kappa shape index (κ2) is 7.78. The largest absolute Gasteiger partial charge is 0.363 e. The fourth-order valence-corrected chi connectivity index (χ4v) is 2.18. The summed E-state index contributed by atoms with van der Waals surface area (Å²) >= 11 is 5.27. The first-order valence-electron chi connectivity index (χ1n) is 7.21. The van der Waals surface area contributed by atoms with Gasteiger partial charge in [0.1, 0.15) is 0 Å². The Morgan fingerprint density at radius 1 is 1.33 bits per heavy atom. The van der Waals surface area contributed by atoms with Crippen LogP contribution in [0.15, 0.2) is 24.7 Å². The fourth-order valence-electron chi connectivity index (χ4n) is 2.01. The first-order chi connectivity index (χ1) is 10.2. The van der Waals surface area contributed by atoms with Crippen molar-refractivity contribution in [3.63, 3.8) is 0 Å². The molecule has 0 aliphatic rings. The average Bonchev–Trinajstić information content (AvgIpc) is 3.11. The minimum Gasteiger partial charge on any atom is -0.363 e. The lowest BCUT2D eigenvalue weighted by Crippen LogP contribution is -2.35. The number of hydrogen-bond acceptors (Lipinski definition) is 3. The molecule has 0 fully saturated rings. The van der Waals surface area contributed by atoms with Crippen molar-refractivity contribution in [2.75, 3.05) is 6.54 Å². The van der Waals surface area contributed by atoms with Crippen LogP contribution in [0, 0.1) is 6.92 Å². The third-order valence-electron chi connectivity index (χ3n) is 3.22. The van der Waals surface area contributed by atoms with Crippen LogP contribution in [0.1, 0.15) is 24.6 Å². The van der Waals surface area contributed by atoms with Crippen LogP contribution >= 0.6 is 12.2 Å². The van der Waals surface area contributed by atoms with Gasteiger partial charge in [0.05, 0.1) is 5.69 Å². The fraction of sp³-hybridized carbons (Fsp3) is 0.500. The molecule has 0 saturated carbocycles. The van der Waals surface area contributed by atoms with E-state index in [1.165, 1.54) is 5.56 Å². The predicted molar refractivity (Wildman–Crippen MR) is 86.9 cm³/mol. The van der Waals surface area contributed by atoms with Crippen molar-refractivity contribution in [3.05, 3.63) is 35.9 Å². The Labute approximate surface area is 130 Å². The molecule has 0 unspecified atom stereocenters. The SMILES string of the molecule is CCn1cc(CNC(=S)NCCCn2cccn2)c(C)n1. The van der Waals surface area contributed by atoms with Crippen molar-refractivity contribution in [2.45, 2.75) is 39.9 Å². The van der Waals surface area contributed by atoms with Gasteiger partial charge in [-0.25, -0.2) is 0 Å². The minimum atomic E-state index is 0.680. The molecule has 0 saturated heterocycles. The first-order valence-corrected chi connectivity index (χ1v) is 7.62. The summed E-state index contributed by atoms with van der Waals surface area (Å²) in [7, 11) is 0. The molecule has 6 nitrogen and oxygen atoms in total. The smallest absolute Gasteiger partial charge is 0.166 e. The second-order valence-corrected chi connectivity index (χ2v) is 5.24. The Kier molecular flexibility index (Phi) is 5.74. The summed E-state index contributed by atoms with van der Waals surface area (Å²) in [5.41, 5.74) is 2.23. The van der Waals surface area contributed by atoms with E-state index in [1.807, 2.05) is 28.6 Å². The van der Waals surface area contributed by atoms with Crippen LogP contribution in [0.5, 0.6) is 0 Å². The number of aryl methyl sites for hydroxylation is 3. The van der Waals surface area contributed by atoms with Gasteiger partial charge in [-0.15, -0.1) is 0 Å². The van der Waals surface area contributed by atoms with Crippen LogP contribution in [0.25, 0.3) is 0 Å². The van der Waals surface area contributed by atoms with Crippen molar-refractivity contribution in [1.82, 2.24) is 30.2 Å². The minimum absolute atomic E-state index is 0.680. The summed E-state index contributed by atoms with van der Waals surface area (Å²) < 4.78 is 3.85. The zero-order chi connectivity index (χ0) is 15.1. The van der Waals surface area contributed by atoms with E-state index in [0.29, 0.717) is 11.7 Å². The normalized spacial score (nSPS) is 10.6. The predicted octanol–water partition coefficient (Wildman–Crippen LogP) is 1.46. The molecule has 2 aromatic heterocycles. The molecule has 0 bridgehead atoms. The summed E-state index contributed by atoms with van der Waals surface area (Å²) in [4.78, 5) is 0. The van der Waals surface area contributed by atoms with Gasteiger partial charge in [-0.3, -0.25) is 9.36 Å². The number of thiocarbonyl (C=S) groups is 1. The Morgan fingerprint density at radius 2 is 2.19 bits per heavy atom. The third-order valence-corrected chi connectivity index (χ3v) is 3.51. The summed E-state index contributed by atoms with van der Waals surface area (Å²) in [6.07, 6.45) is 6.79. The van der Waals surface area contributed by atoms with Crippen molar-refractivity contribution >= 4 is 17.3 Å². The van der Waals surface area contributed by atoms with Crippen LogP contribution in [0.4, 0.5) is 0 Å². The monoisotopic (exact) mass is 306 g/mol. The van der Waals surface area contributed by atoms with E-state index in [2.05, 4.69) is 34.0 Å². The molecule has 114 valence electrons. The number of aromatic nitrogens is 4. The molecule has 0 aromatic carbocycles. The lowest BCUT2D eigenvalue weighted by molar-refractivity contribution is 0.571. The van der Waals surface area contributed by atoms with Crippen LogP contribution < -0.4 is 10.6 Å². The number of nitrogens with one attached hydrogen (secondary N) is 2. The Bertz CT molecular complexity index is 560. The average molecular weight is 306 g/mol. The van der Waals surface area contributed by atoms with E-state index in [4.69, 9.17) is 12.2 Å². The molecule has 0 spiro atoms. The summed E-state index contributed by atoms with van der Waals surface area (Å²) in [5, 5.41) is 15.7. The molecular weight excluding hydrogens is 284 g/mol. The van der Waals surface area contributed by atoms with Crippen LogP contribution in [-0.2, 0) is 19.6 Å². The number of rotatable bonds is 7. The van der Waals surface area contributed by atoms with Gasteiger partial charge in [0.25, 0.3) is 0 Å². The molecule has 21 heavy (non-hydrogen) atoms. The molecule has 0 atom stereocenters. The highest BCUT2D eigenvalue weighted by Crippen LogP contribution is 2.04. The molecule has 2 heterocycles. The zero-order valence-electron chi connectivity index (χ0n) is 12.5. The van der Waals surface area contributed by atoms with Crippen LogP contribution in [0.3, 0.4) is 0 Å². The number of nitrogens with zero attached hydrogens (tertiary/aromatic N) is 4. The van der Waals surface area contributed by atoms with Crippen molar-refractivity contribution < 1.29 is 0 Å². The van der Waals surface area contributed by atoms with Crippen molar-refractivity contribution in [1.29, 1.82) is 0 Å². The topological polar surface area (TPSA) is 59.7 Å². The van der Waals surface area contributed by atoms with Gasteiger partial charge >= 0.3 is 0 Å². The highest BCUT2D eigenvalue weighted by molar-refractivity contribution is 7.80. The van der Waals surface area contributed by atoms with Gasteiger partial charge in [-0.05, 0) is 38.6 Å². The van der Waals surface area contributed by atoms with Gasteiger partial charge in [0.2, 0.25) is 0 Å². The molecule has 0 aliphatic heterocycles. The zero-order valence-corrected chi connectivity index (χ0v) is 13.4. The molecular formula is C14H22N6S. The molecule has 0 amide bonds. The molecule has 2 rings (SSSR count). The Balaban J connectivity index is 1.64. The van der Waals surface area contributed by atoms with E-state index in [9.17, 15) is 0 Å². The van der Waals surface area contributed by atoms with Gasteiger partial charge < -0.3 is 10.6 Å². The highest BCUT2D eigenvalue weighted by atomic mass is 32.1. The maximum Gasteiger partial charge on any atom is 0.166 e. The molecule has 0 radical (unpaired) electrons. The van der Waals surface area contributed by atoms with E-state index in [-0.39, 0.29) is 0 Å². The van der Waals surface area contributed by atoms with E-state index in [0.717, 1.165) is 31.7 Å². The quantitative estimate of drug-likeness (QED) is 0.599. The lowest BCUT2D eigenvalue weighted by Gasteiger charge is -2.10. The van der Waals surface area contributed by atoms with E-state index < -0.39 is 0 Å². The molecule has 7 heteroatoms. The molecule has 2 N–H and O–H groups in total. The number of hydrogen-bond donors (Lipinski definition) is 2. The van der Waals surface area contributed by atoms with Crippen molar-refractivity contribution in [3.8, 4) is 0 Å². The van der Waals surface area contributed by atoms with Crippen LogP contribution in [0.2, 0.25) is 0 Å². The Morgan fingerprint density at radius 3 is 2.86 bits per heavy atom. The standard InChI is InChI=1S/C14H22N6S/c1-3-19-11-13(12(2)18-19)10-16-14(21)15-6-4-8-20-9-5-7-17-20/h5,7,9,11H,3-4,6,8,10H2,1-2H3,(H2,15,16,21). The first kappa shape index (κ1) is 15.5. The maximum atomic E-state index is 5.27. The third kappa shape index (κ3) is 4.86. The van der Waals surface area contributed by atoms with Gasteiger partial charge in [-0.1, -0.05) is 0 Å². The van der Waals surface area contributed by atoms with Gasteiger partial charge in [0, 0.05) is 50.3 Å². The lowest BCUT2D eigenvalue weighted by atomic mass is 10.3. The summed E-state index contributed by atoms with van der Waals surface area (Å²) in [5.74, 6) is 0. The van der Waals surface area contributed by atoms with Gasteiger partial charge in [-0.2, -0.15) is 10.2 Å².